The molecule has 2 nitrogen and oxygen atoms in total. The minimum absolute atomic E-state index is 0.633. The van der Waals surface area contributed by atoms with Gasteiger partial charge in [-0.05, 0) is 105 Å². The standard InChI is InChI=1S/C55H36N2S/c1-3-16-37(17-4-1)39-30-33-41(34-31-39)56-47-24-11-8-21-43(47)55(46-36-40(32-35-50(46)56)38-18-5-2-6-19-38)44-22-9-12-25-48(44)57(49-26-13-10-23-45(49)55)51-27-15-29-53-54(51)42-20-7-14-28-52(42)58-53/h1-36H. The Morgan fingerprint density at radius 2 is 0.776 bits per heavy atom. The third-order valence-electron chi connectivity index (χ3n) is 12.2. The summed E-state index contributed by atoms with van der Waals surface area (Å²) in [6, 6.07) is 80.7. The number of hydrogen-bond acceptors (Lipinski definition) is 3. The lowest BCUT2D eigenvalue weighted by Crippen LogP contribution is -2.42. The second kappa shape index (κ2) is 12.9. The molecule has 0 atom stereocenters. The molecule has 2 aliphatic rings. The number of anilines is 6. The summed E-state index contributed by atoms with van der Waals surface area (Å²) in [5, 5.41) is 2.59. The Kier molecular flexibility index (Phi) is 7.35. The van der Waals surface area contributed by atoms with Gasteiger partial charge >= 0.3 is 0 Å². The van der Waals surface area contributed by atoms with Crippen molar-refractivity contribution in [2.75, 3.05) is 9.80 Å². The molecule has 0 radical (unpaired) electrons. The molecule has 0 fully saturated rings. The third-order valence-corrected chi connectivity index (χ3v) is 13.4. The molecule has 1 aromatic heterocycles. The molecular formula is C55H36N2S. The summed E-state index contributed by atoms with van der Waals surface area (Å²) in [5.41, 5.74) is 16.3. The monoisotopic (exact) mass is 756 g/mol. The molecule has 3 heteroatoms. The van der Waals surface area contributed by atoms with Crippen LogP contribution in [-0.2, 0) is 5.41 Å². The van der Waals surface area contributed by atoms with Gasteiger partial charge in [0, 0.05) is 25.9 Å². The predicted molar refractivity (Wildman–Crippen MR) is 245 cm³/mol. The molecule has 0 aliphatic carbocycles. The van der Waals surface area contributed by atoms with Crippen LogP contribution in [0.25, 0.3) is 42.4 Å². The Morgan fingerprint density at radius 1 is 0.310 bits per heavy atom. The molecule has 0 amide bonds. The number of rotatable bonds is 4. The highest BCUT2D eigenvalue weighted by Gasteiger charge is 2.52. The fourth-order valence-corrected chi connectivity index (χ4v) is 11.0. The molecule has 12 rings (SSSR count). The molecule has 0 saturated heterocycles. The van der Waals surface area contributed by atoms with Crippen molar-refractivity contribution in [3.63, 3.8) is 0 Å². The zero-order chi connectivity index (χ0) is 38.2. The van der Waals surface area contributed by atoms with Crippen LogP contribution in [0.4, 0.5) is 34.1 Å². The van der Waals surface area contributed by atoms with Crippen molar-refractivity contribution in [3.8, 4) is 22.3 Å². The van der Waals surface area contributed by atoms with Crippen LogP contribution >= 0.6 is 11.3 Å². The van der Waals surface area contributed by atoms with E-state index < -0.39 is 5.41 Å². The SMILES string of the molecule is c1ccc(-c2ccc(N3c4ccccc4C4(c5cc(-c6ccccc6)ccc53)c3ccccc3N(c3cccc5sc6ccccc6c35)c3ccccc34)cc2)cc1. The quantitative estimate of drug-likeness (QED) is 0.176. The van der Waals surface area contributed by atoms with Gasteiger partial charge in [0.15, 0.2) is 0 Å². The van der Waals surface area contributed by atoms with Gasteiger partial charge in [-0.2, -0.15) is 0 Å². The number of fused-ring (bicyclic) bond motifs is 11. The number of thiophene rings is 1. The highest BCUT2D eigenvalue weighted by Crippen LogP contribution is 2.64. The van der Waals surface area contributed by atoms with E-state index in [1.807, 2.05) is 11.3 Å². The topological polar surface area (TPSA) is 6.48 Å². The Hall–Kier alpha value is -7.20. The largest absolute Gasteiger partial charge is 0.310 e. The van der Waals surface area contributed by atoms with E-state index in [0.29, 0.717) is 0 Å². The van der Waals surface area contributed by atoms with Gasteiger partial charge < -0.3 is 9.80 Å². The minimum Gasteiger partial charge on any atom is -0.310 e. The van der Waals surface area contributed by atoms with Gasteiger partial charge in [-0.1, -0.05) is 158 Å². The molecule has 3 heterocycles. The van der Waals surface area contributed by atoms with E-state index >= 15 is 0 Å². The van der Waals surface area contributed by atoms with Crippen molar-refractivity contribution in [2.24, 2.45) is 0 Å². The third kappa shape index (κ3) is 4.71. The predicted octanol–water partition coefficient (Wildman–Crippen LogP) is 15.3. The van der Waals surface area contributed by atoms with Crippen molar-refractivity contribution in [1.29, 1.82) is 0 Å². The zero-order valence-corrected chi connectivity index (χ0v) is 32.4. The summed E-state index contributed by atoms with van der Waals surface area (Å²) in [7, 11) is 0. The Labute approximate surface area is 342 Å². The van der Waals surface area contributed by atoms with Crippen LogP contribution < -0.4 is 9.80 Å². The zero-order valence-electron chi connectivity index (χ0n) is 31.6. The van der Waals surface area contributed by atoms with Gasteiger partial charge in [-0.25, -0.2) is 0 Å². The maximum absolute atomic E-state index is 2.54. The highest BCUT2D eigenvalue weighted by atomic mass is 32.1. The summed E-state index contributed by atoms with van der Waals surface area (Å²) in [5.74, 6) is 0. The lowest BCUT2D eigenvalue weighted by atomic mass is 9.60. The van der Waals surface area contributed by atoms with E-state index in [4.69, 9.17) is 0 Å². The Bertz CT molecular complexity index is 3140. The number of benzene rings is 9. The van der Waals surface area contributed by atoms with E-state index in [1.165, 1.54) is 93.1 Å². The van der Waals surface area contributed by atoms with E-state index in [-0.39, 0.29) is 0 Å². The normalized spacial score (nSPS) is 13.6. The van der Waals surface area contributed by atoms with Gasteiger partial charge in [-0.3, -0.25) is 0 Å². The van der Waals surface area contributed by atoms with Crippen molar-refractivity contribution >= 4 is 65.6 Å². The van der Waals surface area contributed by atoms with E-state index in [2.05, 4.69) is 228 Å². The van der Waals surface area contributed by atoms with Gasteiger partial charge in [0.05, 0.1) is 33.9 Å². The Balaban J connectivity index is 1.16. The number of nitrogens with zero attached hydrogens (tertiary/aromatic N) is 2. The maximum Gasteiger partial charge on any atom is 0.0783 e. The maximum atomic E-state index is 2.54. The van der Waals surface area contributed by atoms with Crippen molar-refractivity contribution in [3.05, 3.63) is 241 Å². The second-order valence-electron chi connectivity index (χ2n) is 15.2. The average molecular weight is 757 g/mol. The summed E-state index contributed by atoms with van der Waals surface area (Å²) >= 11 is 1.87. The van der Waals surface area contributed by atoms with Gasteiger partial charge in [-0.15, -0.1) is 11.3 Å². The number of hydrogen-bond donors (Lipinski definition) is 0. The van der Waals surface area contributed by atoms with Gasteiger partial charge in [0.2, 0.25) is 0 Å². The number of para-hydroxylation sites is 3. The molecule has 10 aromatic rings. The lowest BCUT2D eigenvalue weighted by Gasteiger charge is -2.51. The second-order valence-corrected chi connectivity index (χ2v) is 16.3. The van der Waals surface area contributed by atoms with Crippen LogP contribution in [-0.4, -0.2) is 0 Å². The van der Waals surface area contributed by atoms with Crippen molar-refractivity contribution in [1.82, 2.24) is 0 Å². The van der Waals surface area contributed by atoms with Crippen molar-refractivity contribution < 1.29 is 0 Å². The van der Waals surface area contributed by atoms with Crippen LogP contribution in [0.2, 0.25) is 0 Å². The fraction of sp³-hybridized carbons (Fsp3) is 0.0182. The van der Waals surface area contributed by atoms with Gasteiger partial charge in [0.25, 0.3) is 0 Å². The van der Waals surface area contributed by atoms with Crippen LogP contribution in [0.15, 0.2) is 218 Å². The van der Waals surface area contributed by atoms with Crippen LogP contribution in [0, 0.1) is 0 Å². The van der Waals surface area contributed by atoms with Crippen LogP contribution in [0.1, 0.15) is 22.3 Å². The van der Waals surface area contributed by atoms with E-state index in [0.717, 1.165) is 5.69 Å². The van der Waals surface area contributed by atoms with E-state index in [9.17, 15) is 0 Å². The van der Waals surface area contributed by atoms with E-state index in [1.54, 1.807) is 0 Å². The van der Waals surface area contributed by atoms with Crippen LogP contribution in [0.5, 0.6) is 0 Å². The molecule has 0 saturated carbocycles. The fourth-order valence-electron chi connectivity index (χ4n) is 9.84. The highest BCUT2D eigenvalue weighted by molar-refractivity contribution is 7.26. The molecular weight excluding hydrogens is 721 g/mol. The summed E-state index contributed by atoms with van der Waals surface area (Å²) in [6.45, 7) is 0. The summed E-state index contributed by atoms with van der Waals surface area (Å²) in [6.07, 6.45) is 0. The molecule has 0 bridgehead atoms. The van der Waals surface area contributed by atoms with Crippen molar-refractivity contribution in [2.45, 2.75) is 5.41 Å². The first-order chi connectivity index (χ1) is 28.8. The molecule has 0 unspecified atom stereocenters. The smallest absolute Gasteiger partial charge is 0.0783 e. The summed E-state index contributed by atoms with van der Waals surface area (Å²) < 4.78 is 2.60. The first-order valence-corrected chi connectivity index (χ1v) is 20.8. The molecule has 58 heavy (non-hydrogen) atoms. The molecule has 2 aliphatic heterocycles. The first-order valence-electron chi connectivity index (χ1n) is 19.9. The molecule has 9 aromatic carbocycles. The minimum atomic E-state index is -0.633. The molecule has 272 valence electrons. The van der Waals surface area contributed by atoms with Gasteiger partial charge in [0.1, 0.15) is 0 Å². The first kappa shape index (κ1) is 33.0. The van der Waals surface area contributed by atoms with Crippen LogP contribution in [0.3, 0.4) is 0 Å². The summed E-state index contributed by atoms with van der Waals surface area (Å²) in [4.78, 5) is 5.02. The lowest BCUT2D eigenvalue weighted by molar-refractivity contribution is 0.719. The average Bonchev–Trinajstić information content (AvgIpc) is 3.69. The Morgan fingerprint density at radius 3 is 1.43 bits per heavy atom. The molecule has 0 N–H and O–H groups in total. The molecule has 1 spiro atoms.